The number of benzene rings is 1. The lowest BCUT2D eigenvalue weighted by Crippen LogP contribution is -2.33. The van der Waals surface area contributed by atoms with Crippen LogP contribution in [0.3, 0.4) is 0 Å². The van der Waals surface area contributed by atoms with E-state index in [1.54, 1.807) is 24.3 Å². The molecule has 16 nitrogen and oxygen atoms in total. The molecule has 284 valence electrons. The van der Waals surface area contributed by atoms with Gasteiger partial charge in [-0.1, -0.05) is 30.3 Å². The van der Waals surface area contributed by atoms with Gasteiger partial charge in [0.1, 0.15) is 22.9 Å². The molecule has 22 heteroatoms. The zero-order chi connectivity index (χ0) is 38.2. The van der Waals surface area contributed by atoms with Crippen LogP contribution in [0.2, 0.25) is 0 Å². The van der Waals surface area contributed by atoms with Crippen LogP contribution in [0.25, 0.3) is 0 Å². The second-order valence-corrected chi connectivity index (χ2v) is 15.8. The van der Waals surface area contributed by atoms with E-state index in [1.165, 1.54) is 31.1 Å². The highest BCUT2D eigenvalue weighted by Crippen LogP contribution is 2.28. The van der Waals surface area contributed by atoms with Crippen LogP contribution in [-0.4, -0.2) is 90.1 Å². The van der Waals surface area contributed by atoms with E-state index < -0.39 is 51.9 Å². The number of hydrogen-bond donors (Lipinski definition) is 2. The number of halogens is 4. The Kier molecular flexibility index (Phi) is 10.6. The van der Waals surface area contributed by atoms with Crippen LogP contribution in [0.15, 0.2) is 64.9 Å². The van der Waals surface area contributed by atoms with E-state index in [-0.39, 0.29) is 46.8 Å². The number of alkyl halides is 4. The third kappa shape index (κ3) is 7.48. The number of carbonyl (C=O) groups excluding carboxylic acids is 1. The summed E-state index contributed by atoms with van der Waals surface area (Å²) in [6, 6.07) is 8.90. The standard InChI is InChI=1S/C20H21F2N5O4S.C11H13F2N5O2S/c1-13-18(7-23-26(13)11-19(21)22)32(30,31)27-9-15-8-25(10-17(15)24-27)20(29)16(12-28)14-5-3-2-4-6-14;1-7-10(4-15-17(7)6-11(12)13)21(19,20)18-5-8-2-14-3-9(8)16-18/h2-7,9,16,19,28H,8,10-12H2,1H3;4-5,11,14H,2-3,6H2,1H3/t16-;/m1./s1. The number of fused-ring (bicyclic) bond motifs is 2. The molecule has 6 heterocycles. The van der Waals surface area contributed by atoms with Crippen molar-refractivity contribution in [3.05, 3.63) is 94.6 Å². The first-order valence-corrected chi connectivity index (χ1v) is 18.9. The fourth-order valence-corrected chi connectivity index (χ4v) is 8.65. The monoisotopic (exact) mass is 782 g/mol. The molecule has 0 unspecified atom stereocenters. The fourth-order valence-electron chi connectivity index (χ4n) is 5.99. The van der Waals surface area contributed by atoms with Crippen LogP contribution in [0.1, 0.15) is 45.4 Å². The third-order valence-electron chi connectivity index (χ3n) is 8.80. The predicted octanol–water partition coefficient (Wildman–Crippen LogP) is 2.00. The van der Waals surface area contributed by atoms with E-state index in [1.807, 2.05) is 6.07 Å². The summed E-state index contributed by atoms with van der Waals surface area (Å²) in [5, 5.41) is 28.4. The molecule has 2 aliphatic heterocycles. The molecule has 0 radical (unpaired) electrons. The lowest BCUT2D eigenvalue weighted by atomic mass is 9.98. The normalized spacial score (nSPS) is 14.8. The van der Waals surface area contributed by atoms with Gasteiger partial charge in [-0.3, -0.25) is 14.2 Å². The topological polar surface area (TPSA) is 192 Å². The van der Waals surface area contributed by atoms with Crippen molar-refractivity contribution in [2.75, 3.05) is 6.61 Å². The summed E-state index contributed by atoms with van der Waals surface area (Å²) in [5.41, 5.74) is 3.42. The molecule has 5 aromatic rings. The Labute approximate surface area is 300 Å². The van der Waals surface area contributed by atoms with Gasteiger partial charge in [-0.25, -0.2) is 17.6 Å². The number of amides is 1. The highest BCUT2D eigenvalue weighted by molar-refractivity contribution is 7.90. The van der Waals surface area contributed by atoms with E-state index in [9.17, 15) is 44.3 Å². The molecule has 0 aliphatic carbocycles. The number of nitrogens with one attached hydrogen (secondary N) is 1. The highest BCUT2D eigenvalue weighted by atomic mass is 32.2. The second kappa shape index (κ2) is 14.8. The first-order chi connectivity index (χ1) is 25.1. The Morgan fingerprint density at radius 2 is 1.32 bits per heavy atom. The van der Waals surface area contributed by atoms with Crippen LogP contribution in [0.4, 0.5) is 17.6 Å². The van der Waals surface area contributed by atoms with Crippen molar-refractivity contribution in [2.24, 2.45) is 0 Å². The van der Waals surface area contributed by atoms with Gasteiger partial charge in [0.15, 0.2) is 0 Å². The van der Waals surface area contributed by atoms with Crippen molar-refractivity contribution in [1.29, 1.82) is 0 Å². The molecule has 1 amide bonds. The van der Waals surface area contributed by atoms with Crippen LogP contribution in [-0.2, 0) is 64.1 Å². The minimum Gasteiger partial charge on any atom is -0.395 e. The SMILES string of the molecule is Cc1c(S(=O)(=O)n2cc3c(n2)CN(C(=O)[C@H](CO)c2ccccc2)C3)cnn1CC(F)F.Cc1c(S(=O)(=O)n2cc3c(n2)CNC3)cnn1CC(F)F. The van der Waals surface area contributed by atoms with Gasteiger partial charge in [0.2, 0.25) is 5.91 Å². The predicted molar refractivity (Wildman–Crippen MR) is 177 cm³/mol. The molecule has 0 saturated carbocycles. The molecule has 2 N–H and O–H groups in total. The molecule has 1 atom stereocenters. The van der Waals surface area contributed by atoms with Crippen molar-refractivity contribution in [1.82, 2.24) is 48.1 Å². The first kappa shape index (κ1) is 37.8. The summed E-state index contributed by atoms with van der Waals surface area (Å²) < 4.78 is 105. The van der Waals surface area contributed by atoms with E-state index >= 15 is 0 Å². The van der Waals surface area contributed by atoms with E-state index in [2.05, 4.69) is 25.7 Å². The average Bonchev–Trinajstić information content (AvgIpc) is 3.94. The maximum absolute atomic E-state index is 13.0. The highest BCUT2D eigenvalue weighted by Gasteiger charge is 2.34. The van der Waals surface area contributed by atoms with Crippen LogP contribution < -0.4 is 5.32 Å². The van der Waals surface area contributed by atoms with E-state index in [4.69, 9.17) is 0 Å². The van der Waals surface area contributed by atoms with E-state index in [0.29, 0.717) is 35.6 Å². The molecule has 0 saturated heterocycles. The summed E-state index contributed by atoms with van der Waals surface area (Å²) in [5.74, 6) is -1.00. The molecule has 53 heavy (non-hydrogen) atoms. The Hall–Kier alpha value is -4.93. The molecule has 0 fully saturated rings. The van der Waals surface area contributed by atoms with Gasteiger partial charge in [0.05, 0.1) is 54.2 Å². The summed E-state index contributed by atoms with van der Waals surface area (Å²) in [6.45, 7) is 2.48. The first-order valence-electron chi connectivity index (χ1n) is 16.0. The van der Waals surface area contributed by atoms with Gasteiger partial charge in [0.25, 0.3) is 32.9 Å². The van der Waals surface area contributed by atoms with Crippen LogP contribution >= 0.6 is 0 Å². The lowest BCUT2D eigenvalue weighted by Gasteiger charge is -2.22. The van der Waals surface area contributed by atoms with Gasteiger partial charge < -0.3 is 15.3 Å². The molecular weight excluding hydrogens is 749 g/mol. The van der Waals surface area contributed by atoms with Crippen LogP contribution in [0, 0.1) is 13.8 Å². The largest absolute Gasteiger partial charge is 0.395 e. The number of aromatic nitrogens is 8. The number of aliphatic hydroxyl groups is 1. The Bertz CT molecular complexity index is 2290. The number of nitrogens with zero attached hydrogens (tertiary/aromatic N) is 9. The molecule has 2 aliphatic rings. The van der Waals surface area contributed by atoms with Crippen molar-refractivity contribution in [3.8, 4) is 0 Å². The summed E-state index contributed by atoms with van der Waals surface area (Å²) in [6.07, 6.45) is -0.398. The van der Waals surface area contributed by atoms with Gasteiger partial charge in [-0.05, 0) is 19.4 Å². The van der Waals surface area contributed by atoms with Crippen molar-refractivity contribution in [3.63, 3.8) is 0 Å². The number of hydrogen-bond acceptors (Lipinski definition) is 11. The van der Waals surface area contributed by atoms with Gasteiger partial charge in [0, 0.05) is 43.2 Å². The number of rotatable bonds is 11. The minimum atomic E-state index is -4.13. The molecule has 0 bridgehead atoms. The lowest BCUT2D eigenvalue weighted by molar-refractivity contribution is -0.134. The Morgan fingerprint density at radius 3 is 1.81 bits per heavy atom. The zero-order valence-electron chi connectivity index (χ0n) is 28.2. The molecular formula is C31H34F4N10O6S2. The maximum Gasteiger partial charge on any atom is 0.286 e. The number of carbonyl (C=O) groups is 1. The average molecular weight is 783 g/mol. The summed E-state index contributed by atoms with van der Waals surface area (Å²) in [7, 11) is -8.04. The minimum absolute atomic E-state index is 0.0893. The quantitative estimate of drug-likeness (QED) is 0.186. The second-order valence-electron chi connectivity index (χ2n) is 12.2. The Balaban J connectivity index is 0.000000198. The van der Waals surface area contributed by atoms with Crippen LogP contribution in [0.5, 0.6) is 0 Å². The molecule has 1 aromatic carbocycles. The van der Waals surface area contributed by atoms with E-state index in [0.717, 1.165) is 35.5 Å². The smallest absolute Gasteiger partial charge is 0.286 e. The zero-order valence-corrected chi connectivity index (χ0v) is 29.9. The fraction of sp³-hybridized carbons (Fsp3) is 0.387. The third-order valence-corrected chi connectivity index (χ3v) is 12.1. The number of aliphatic hydroxyl groups excluding tert-OH is 1. The van der Waals surface area contributed by atoms with Crippen molar-refractivity contribution >= 4 is 26.0 Å². The van der Waals surface area contributed by atoms with Crippen molar-refractivity contribution < 1.29 is 44.3 Å². The summed E-state index contributed by atoms with van der Waals surface area (Å²) in [4.78, 5) is 14.1. The summed E-state index contributed by atoms with van der Waals surface area (Å²) >= 11 is 0. The van der Waals surface area contributed by atoms with Crippen molar-refractivity contribution in [2.45, 2.75) is 81.7 Å². The van der Waals surface area contributed by atoms with Gasteiger partial charge >= 0.3 is 0 Å². The van der Waals surface area contributed by atoms with Gasteiger partial charge in [-0.2, -0.15) is 45.4 Å². The van der Waals surface area contributed by atoms with Gasteiger partial charge in [-0.15, -0.1) is 0 Å². The molecule has 7 rings (SSSR count). The molecule has 4 aromatic heterocycles. The Morgan fingerprint density at radius 1 is 0.792 bits per heavy atom. The maximum atomic E-state index is 13.0. The molecule has 0 spiro atoms.